The fourth-order valence-electron chi connectivity index (χ4n) is 2.85. The largest absolute Gasteiger partial charge is 0.480 e. The van der Waals surface area contributed by atoms with Crippen molar-refractivity contribution >= 4 is 12.0 Å². The van der Waals surface area contributed by atoms with Crippen LogP contribution in [0.3, 0.4) is 0 Å². The fourth-order valence-corrected chi connectivity index (χ4v) is 2.85. The van der Waals surface area contributed by atoms with Gasteiger partial charge in [-0.1, -0.05) is 6.92 Å². The summed E-state index contributed by atoms with van der Waals surface area (Å²) < 4.78 is 5.21. The molecule has 1 N–H and O–H groups in total. The van der Waals surface area contributed by atoms with E-state index in [0.717, 1.165) is 19.6 Å². The molecule has 2 amide bonds. The Morgan fingerprint density at radius 2 is 1.90 bits per heavy atom. The SMILES string of the molecule is CCN1CCN(C(=O)N2CC(OC)CC2C(=O)O)CC1. The molecule has 7 nitrogen and oxygen atoms in total. The maximum absolute atomic E-state index is 12.5. The fraction of sp³-hybridized carbons (Fsp3) is 0.846. The van der Waals surface area contributed by atoms with Gasteiger partial charge in [-0.2, -0.15) is 0 Å². The lowest BCUT2D eigenvalue weighted by Crippen LogP contribution is -2.54. The number of carboxylic acids is 1. The van der Waals surface area contributed by atoms with Crippen molar-refractivity contribution in [3.8, 4) is 0 Å². The highest BCUT2D eigenvalue weighted by Gasteiger charge is 2.41. The summed E-state index contributed by atoms with van der Waals surface area (Å²) in [6, 6.07) is -0.940. The number of carboxylic acid groups (broad SMARTS) is 1. The standard InChI is InChI=1S/C13H23N3O4/c1-3-14-4-6-15(7-5-14)13(19)16-9-10(20-2)8-11(16)12(17)18/h10-11H,3-9H2,1-2H3,(H,17,18). The van der Waals surface area contributed by atoms with E-state index in [1.165, 1.54) is 4.90 Å². The number of piperazine rings is 1. The minimum absolute atomic E-state index is 0.173. The molecule has 2 aliphatic heterocycles. The van der Waals surface area contributed by atoms with E-state index in [1.807, 2.05) is 0 Å². The van der Waals surface area contributed by atoms with E-state index in [4.69, 9.17) is 4.74 Å². The predicted molar refractivity (Wildman–Crippen MR) is 72.6 cm³/mol. The summed E-state index contributed by atoms with van der Waals surface area (Å²) >= 11 is 0. The first kappa shape index (κ1) is 15.1. The Morgan fingerprint density at radius 3 is 2.40 bits per heavy atom. The molecule has 0 saturated carbocycles. The first-order valence-corrected chi connectivity index (χ1v) is 7.10. The molecule has 2 heterocycles. The maximum atomic E-state index is 12.5. The number of hydrogen-bond donors (Lipinski definition) is 1. The molecule has 2 rings (SSSR count). The Bertz CT molecular complexity index is 369. The van der Waals surface area contributed by atoms with Crippen molar-refractivity contribution in [2.75, 3.05) is 46.4 Å². The number of nitrogens with zero attached hydrogens (tertiary/aromatic N) is 3. The molecule has 0 radical (unpaired) electrons. The molecule has 2 unspecified atom stereocenters. The number of methoxy groups -OCH3 is 1. The second kappa shape index (κ2) is 6.41. The van der Waals surface area contributed by atoms with E-state index in [9.17, 15) is 14.7 Å². The van der Waals surface area contributed by atoms with Gasteiger partial charge in [0.1, 0.15) is 6.04 Å². The summed E-state index contributed by atoms with van der Waals surface area (Å²) in [5, 5.41) is 9.25. The second-order valence-corrected chi connectivity index (χ2v) is 5.30. The third-order valence-corrected chi connectivity index (χ3v) is 4.22. The second-order valence-electron chi connectivity index (χ2n) is 5.30. The highest BCUT2D eigenvalue weighted by molar-refractivity contribution is 5.83. The Labute approximate surface area is 119 Å². The van der Waals surface area contributed by atoms with Crippen molar-refractivity contribution in [2.45, 2.75) is 25.5 Å². The average Bonchev–Trinajstić information content (AvgIpc) is 2.91. The predicted octanol–water partition coefficient (Wildman–Crippen LogP) is -0.0822. The first-order chi connectivity index (χ1) is 9.56. The Kier molecular flexibility index (Phi) is 4.82. The first-order valence-electron chi connectivity index (χ1n) is 7.10. The lowest BCUT2D eigenvalue weighted by Gasteiger charge is -2.37. The van der Waals surface area contributed by atoms with Crippen LogP contribution >= 0.6 is 0 Å². The molecule has 114 valence electrons. The van der Waals surface area contributed by atoms with Crippen molar-refractivity contribution in [1.29, 1.82) is 0 Å². The quantitative estimate of drug-likeness (QED) is 0.785. The summed E-state index contributed by atoms with van der Waals surface area (Å²) in [6.07, 6.45) is 0.184. The van der Waals surface area contributed by atoms with Crippen molar-refractivity contribution in [3.63, 3.8) is 0 Å². The molecule has 20 heavy (non-hydrogen) atoms. The van der Waals surface area contributed by atoms with Crippen LogP contribution in [0.25, 0.3) is 0 Å². The van der Waals surface area contributed by atoms with E-state index < -0.39 is 12.0 Å². The van der Waals surface area contributed by atoms with Gasteiger partial charge in [-0.25, -0.2) is 9.59 Å². The average molecular weight is 285 g/mol. The van der Waals surface area contributed by atoms with Gasteiger partial charge in [0.05, 0.1) is 6.10 Å². The van der Waals surface area contributed by atoms with Gasteiger partial charge < -0.3 is 24.5 Å². The van der Waals surface area contributed by atoms with Crippen LogP contribution in [-0.4, -0.2) is 90.3 Å². The Morgan fingerprint density at radius 1 is 1.25 bits per heavy atom. The Balaban J connectivity index is 1.99. The lowest BCUT2D eigenvalue weighted by molar-refractivity contribution is -0.141. The van der Waals surface area contributed by atoms with Gasteiger partial charge in [0.25, 0.3) is 0 Å². The van der Waals surface area contributed by atoms with Crippen molar-refractivity contribution in [2.24, 2.45) is 0 Å². The normalized spacial score (nSPS) is 27.9. The number of carbonyl (C=O) groups excluding carboxylic acids is 1. The van der Waals surface area contributed by atoms with Crippen LogP contribution in [0.4, 0.5) is 4.79 Å². The van der Waals surface area contributed by atoms with Gasteiger partial charge in [-0.3, -0.25) is 0 Å². The zero-order chi connectivity index (χ0) is 14.7. The number of hydrogen-bond acceptors (Lipinski definition) is 4. The molecule has 0 bridgehead atoms. The molecule has 0 aliphatic carbocycles. The van der Waals surface area contributed by atoms with Crippen molar-refractivity contribution in [3.05, 3.63) is 0 Å². The number of carbonyl (C=O) groups is 2. The van der Waals surface area contributed by atoms with Gasteiger partial charge in [-0.05, 0) is 6.54 Å². The van der Waals surface area contributed by atoms with E-state index in [2.05, 4.69) is 11.8 Å². The maximum Gasteiger partial charge on any atom is 0.326 e. The molecular formula is C13H23N3O4. The highest BCUT2D eigenvalue weighted by atomic mass is 16.5. The molecule has 0 aromatic rings. The number of aliphatic carboxylic acids is 1. The van der Waals surface area contributed by atoms with Gasteiger partial charge >= 0.3 is 12.0 Å². The van der Waals surface area contributed by atoms with Crippen LogP contribution in [0.2, 0.25) is 0 Å². The molecule has 0 aromatic heterocycles. The molecular weight excluding hydrogens is 262 g/mol. The van der Waals surface area contributed by atoms with Crippen LogP contribution < -0.4 is 0 Å². The van der Waals surface area contributed by atoms with Gasteiger partial charge in [0, 0.05) is 46.3 Å². The van der Waals surface area contributed by atoms with Gasteiger partial charge in [0.15, 0.2) is 0 Å². The lowest BCUT2D eigenvalue weighted by atomic mass is 10.2. The van der Waals surface area contributed by atoms with Crippen molar-refractivity contribution in [1.82, 2.24) is 14.7 Å². The molecule has 0 aromatic carbocycles. The number of likely N-dealkylation sites (tertiary alicyclic amines) is 1. The molecule has 7 heteroatoms. The molecule has 2 atom stereocenters. The van der Waals surface area contributed by atoms with Crippen LogP contribution in [-0.2, 0) is 9.53 Å². The summed E-state index contributed by atoms with van der Waals surface area (Å²) in [7, 11) is 1.55. The summed E-state index contributed by atoms with van der Waals surface area (Å²) in [5.41, 5.74) is 0. The van der Waals surface area contributed by atoms with Crippen molar-refractivity contribution < 1.29 is 19.4 Å². The number of urea groups is 1. The van der Waals surface area contributed by atoms with E-state index in [-0.39, 0.29) is 12.1 Å². The number of likely N-dealkylation sites (N-methyl/N-ethyl adjacent to an activating group) is 1. The van der Waals surface area contributed by atoms with E-state index in [1.54, 1.807) is 12.0 Å². The topological polar surface area (TPSA) is 73.3 Å². The monoisotopic (exact) mass is 285 g/mol. The molecule has 2 aliphatic rings. The van der Waals surface area contributed by atoms with Gasteiger partial charge in [0.2, 0.25) is 0 Å². The van der Waals surface area contributed by atoms with Crippen LogP contribution in [0.1, 0.15) is 13.3 Å². The summed E-state index contributed by atoms with van der Waals surface area (Å²) in [6.45, 7) is 6.46. The van der Waals surface area contributed by atoms with E-state index >= 15 is 0 Å². The minimum Gasteiger partial charge on any atom is -0.480 e. The number of ether oxygens (including phenoxy) is 1. The Hall–Kier alpha value is -1.34. The molecule has 0 spiro atoms. The number of amides is 2. The smallest absolute Gasteiger partial charge is 0.326 e. The number of rotatable bonds is 3. The molecule has 2 fully saturated rings. The summed E-state index contributed by atoms with van der Waals surface area (Å²) in [5.74, 6) is -0.954. The molecule has 2 saturated heterocycles. The minimum atomic E-state index is -0.954. The zero-order valence-corrected chi connectivity index (χ0v) is 12.1. The highest BCUT2D eigenvalue weighted by Crippen LogP contribution is 2.22. The third kappa shape index (κ3) is 3.04. The third-order valence-electron chi connectivity index (χ3n) is 4.22. The van der Waals surface area contributed by atoms with Crippen LogP contribution in [0.15, 0.2) is 0 Å². The van der Waals surface area contributed by atoms with Crippen LogP contribution in [0, 0.1) is 0 Å². The summed E-state index contributed by atoms with van der Waals surface area (Å²) in [4.78, 5) is 29.2. The zero-order valence-electron chi connectivity index (χ0n) is 12.1. The van der Waals surface area contributed by atoms with Crippen LogP contribution in [0.5, 0.6) is 0 Å². The van der Waals surface area contributed by atoms with E-state index in [0.29, 0.717) is 26.1 Å². The van der Waals surface area contributed by atoms with Gasteiger partial charge in [-0.15, -0.1) is 0 Å².